The Morgan fingerprint density at radius 3 is 2.50 bits per heavy atom. The molecule has 2 aromatic rings. The first kappa shape index (κ1) is 36.2. The number of benzene rings is 1. The normalized spacial score (nSPS) is 39.4. The predicted octanol–water partition coefficient (Wildman–Crippen LogP) is 8.64. The number of ether oxygens (including phenoxy) is 2. The van der Waals surface area contributed by atoms with Crippen molar-refractivity contribution in [2.24, 2.45) is 51.2 Å². The highest BCUT2D eigenvalue weighted by molar-refractivity contribution is 5.79. The Kier molecular flexibility index (Phi) is 9.20. The second-order valence-electron chi connectivity index (χ2n) is 19.2. The van der Waals surface area contributed by atoms with Crippen LogP contribution in [0.3, 0.4) is 0 Å². The van der Waals surface area contributed by atoms with E-state index in [1.165, 1.54) is 24.1 Å². The van der Waals surface area contributed by atoms with Crippen molar-refractivity contribution in [1.82, 2.24) is 14.9 Å². The van der Waals surface area contributed by atoms with Crippen molar-refractivity contribution in [3.05, 3.63) is 65.1 Å². The SMILES string of the molecule is C[C@H]1[C@H](C)CC[C@]2(C(=O)OCc3ccccc3)CC[C@]3(C)C(=CC[C@@H]4[C@@]5(C)Cc6c(NCCN7CCOCC7)ncnc6C(C)(C)[C@@H]5CC[C@]43C)[C@H]12. The fourth-order valence-corrected chi connectivity index (χ4v) is 13.5. The number of nitrogens with one attached hydrogen (secondary N) is 1. The van der Waals surface area contributed by atoms with Gasteiger partial charge in [0.25, 0.3) is 0 Å². The third kappa shape index (κ3) is 5.44. The van der Waals surface area contributed by atoms with Gasteiger partial charge in [-0.1, -0.05) is 90.4 Å². The van der Waals surface area contributed by atoms with E-state index in [0.29, 0.717) is 30.3 Å². The van der Waals surface area contributed by atoms with Crippen molar-refractivity contribution in [2.45, 2.75) is 112 Å². The summed E-state index contributed by atoms with van der Waals surface area (Å²) in [5.74, 6) is 3.44. The van der Waals surface area contributed by atoms with Crippen LogP contribution >= 0.6 is 0 Å². The Morgan fingerprint density at radius 1 is 0.962 bits per heavy atom. The van der Waals surface area contributed by atoms with E-state index in [4.69, 9.17) is 19.4 Å². The van der Waals surface area contributed by atoms with Gasteiger partial charge in [0.2, 0.25) is 0 Å². The highest BCUT2D eigenvalue weighted by atomic mass is 16.5. The number of carbonyl (C=O) groups excluding carboxylic acids is 1. The number of aromatic nitrogens is 2. The molecule has 7 nitrogen and oxygen atoms in total. The lowest BCUT2D eigenvalue weighted by atomic mass is 9.33. The summed E-state index contributed by atoms with van der Waals surface area (Å²) >= 11 is 0. The molecule has 0 amide bonds. The highest BCUT2D eigenvalue weighted by Crippen LogP contribution is 2.75. The maximum atomic E-state index is 14.5. The van der Waals surface area contributed by atoms with Crippen LogP contribution < -0.4 is 5.32 Å². The Hall–Kier alpha value is -2.77. The molecular weight excluding hydrogens is 645 g/mol. The van der Waals surface area contributed by atoms with Crippen molar-refractivity contribution in [3.8, 4) is 0 Å². The lowest BCUT2D eigenvalue weighted by Gasteiger charge is -2.71. The van der Waals surface area contributed by atoms with Gasteiger partial charge in [0.05, 0.1) is 24.3 Å². The molecule has 1 aromatic heterocycles. The number of nitrogens with zero attached hydrogens (tertiary/aromatic N) is 3. The molecule has 2 heterocycles. The van der Waals surface area contributed by atoms with E-state index in [2.05, 4.69) is 76.9 Å². The first-order chi connectivity index (χ1) is 24.8. The molecule has 1 N–H and O–H groups in total. The molecule has 7 heteroatoms. The van der Waals surface area contributed by atoms with Crippen molar-refractivity contribution in [3.63, 3.8) is 0 Å². The minimum atomic E-state index is -0.429. The largest absolute Gasteiger partial charge is 0.460 e. The molecule has 1 aromatic carbocycles. The van der Waals surface area contributed by atoms with E-state index in [1.807, 2.05) is 18.2 Å². The van der Waals surface area contributed by atoms with Gasteiger partial charge in [-0.3, -0.25) is 9.69 Å². The average molecular weight is 709 g/mol. The third-order valence-electron chi connectivity index (χ3n) is 16.7. The molecule has 0 bridgehead atoms. The number of anilines is 1. The maximum Gasteiger partial charge on any atom is 0.313 e. The zero-order valence-corrected chi connectivity index (χ0v) is 33.1. The number of esters is 1. The van der Waals surface area contributed by atoms with E-state index in [-0.39, 0.29) is 33.5 Å². The lowest BCUT2D eigenvalue weighted by molar-refractivity contribution is -0.184. The summed E-state index contributed by atoms with van der Waals surface area (Å²) < 4.78 is 11.9. The molecule has 3 saturated carbocycles. The van der Waals surface area contributed by atoms with Gasteiger partial charge in [-0.05, 0) is 103 Å². The van der Waals surface area contributed by atoms with Gasteiger partial charge in [0, 0.05) is 37.2 Å². The predicted molar refractivity (Wildman–Crippen MR) is 207 cm³/mol. The van der Waals surface area contributed by atoms with Crippen molar-refractivity contribution >= 4 is 11.8 Å². The van der Waals surface area contributed by atoms with Crippen molar-refractivity contribution in [1.29, 1.82) is 0 Å². The van der Waals surface area contributed by atoms with E-state index in [0.717, 1.165) is 89.3 Å². The van der Waals surface area contributed by atoms with Crippen LogP contribution in [0.1, 0.15) is 110 Å². The minimum Gasteiger partial charge on any atom is -0.460 e. The van der Waals surface area contributed by atoms with Gasteiger partial charge in [-0.25, -0.2) is 9.97 Å². The zero-order chi connectivity index (χ0) is 36.5. The first-order valence-electron chi connectivity index (χ1n) is 20.7. The van der Waals surface area contributed by atoms with Gasteiger partial charge in [0.15, 0.2) is 0 Å². The molecule has 1 aliphatic heterocycles. The van der Waals surface area contributed by atoms with Crippen LogP contribution in [0.15, 0.2) is 48.3 Å². The first-order valence-corrected chi connectivity index (χ1v) is 20.7. The average Bonchev–Trinajstić information content (AvgIpc) is 3.13. The number of hydrogen-bond donors (Lipinski definition) is 1. The second-order valence-corrected chi connectivity index (χ2v) is 19.2. The van der Waals surface area contributed by atoms with Crippen LogP contribution in [0.2, 0.25) is 0 Å². The van der Waals surface area contributed by atoms with Crippen LogP contribution in [-0.2, 0) is 32.7 Å². The lowest BCUT2D eigenvalue weighted by Crippen LogP contribution is -2.65. The van der Waals surface area contributed by atoms with E-state index >= 15 is 0 Å². The summed E-state index contributed by atoms with van der Waals surface area (Å²) in [6, 6.07) is 10.2. The Morgan fingerprint density at radius 2 is 1.73 bits per heavy atom. The van der Waals surface area contributed by atoms with E-state index in [1.54, 1.807) is 11.9 Å². The fourth-order valence-electron chi connectivity index (χ4n) is 13.5. The number of rotatable bonds is 7. The van der Waals surface area contributed by atoms with E-state index in [9.17, 15) is 4.79 Å². The molecule has 8 rings (SSSR count). The molecule has 52 heavy (non-hydrogen) atoms. The smallest absolute Gasteiger partial charge is 0.313 e. The topological polar surface area (TPSA) is 76.6 Å². The summed E-state index contributed by atoms with van der Waals surface area (Å²) in [5, 5.41) is 3.79. The monoisotopic (exact) mass is 708 g/mol. The summed E-state index contributed by atoms with van der Waals surface area (Å²) in [4.78, 5) is 26.9. The Balaban J connectivity index is 1.12. The molecule has 0 spiro atoms. The van der Waals surface area contributed by atoms with Crippen LogP contribution in [-0.4, -0.2) is 60.2 Å². The van der Waals surface area contributed by atoms with E-state index < -0.39 is 5.41 Å². The summed E-state index contributed by atoms with van der Waals surface area (Å²) in [6.45, 7) is 23.6. The molecule has 0 radical (unpaired) electrons. The molecule has 1 saturated heterocycles. The van der Waals surface area contributed by atoms with Gasteiger partial charge >= 0.3 is 5.97 Å². The van der Waals surface area contributed by atoms with Crippen molar-refractivity contribution in [2.75, 3.05) is 44.7 Å². The van der Waals surface area contributed by atoms with Gasteiger partial charge in [-0.15, -0.1) is 0 Å². The fraction of sp³-hybridized carbons (Fsp3) is 0.711. The molecule has 0 unspecified atom stereocenters. The van der Waals surface area contributed by atoms with Gasteiger partial charge < -0.3 is 14.8 Å². The Labute approximate surface area is 313 Å². The van der Waals surface area contributed by atoms with Gasteiger partial charge in [-0.2, -0.15) is 0 Å². The summed E-state index contributed by atoms with van der Waals surface area (Å²) in [5.41, 5.74) is 5.07. The zero-order valence-electron chi connectivity index (χ0n) is 33.1. The summed E-state index contributed by atoms with van der Waals surface area (Å²) in [6.07, 6.45) is 13.0. The molecule has 4 fully saturated rings. The maximum absolute atomic E-state index is 14.5. The number of fused-ring (bicyclic) bond motifs is 8. The number of allylic oxidation sites excluding steroid dienone is 2. The van der Waals surface area contributed by atoms with Gasteiger partial charge in [0.1, 0.15) is 18.8 Å². The summed E-state index contributed by atoms with van der Waals surface area (Å²) in [7, 11) is 0. The van der Waals surface area contributed by atoms with Crippen LogP contribution in [0.5, 0.6) is 0 Å². The minimum absolute atomic E-state index is 0.0416. The number of morpholine rings is 1. The molecule has 9 atom stereocenters. The molecule has 6 aliphatic rings. The standard InChI is InChI=1S/C45H64N4O3/c1-30-15-18-45(40(50)52-28-32-11-9-8-10-12-32)20-19-43(6)34(37(45)31(30)2)13-14-36-42(5)27-33-38(41(3,4)35(42)16-17-44(36,43)7)47-29-48-39(33)46-21-22-49-23-25-51-26-24-49/h8-13,29-31,35-37H,14-28H2,1-7H3,(H,46,47,48)/t30-,31+,35+,36-,37+,42+,43-,44-,45+/m1/s1. The second kappa shape index (κ2) is 13.2. The van der Waals surface area contributed by atoms with Crippen LogP contribution in [0, 0.1) is 51.2 Å². The molecule has 5 aliphatic carbocycles. The molecule has 282 valence electrons. The third-order valence-corrected chi connectivity index (χ3v) is 16.7. The van der Waals surface area contributed by atoms with Crippen molar-refractivity contribution < 1.29 is 14.3 Å². The van der Waals surface area contributed by atoms with Crippen LogP contribution in [0.25, 0.3) is 0 Å². The number of carbonyl (C=O) groups is 1. The highest BCUT2D eigenvalue weighted by Gasteiger charge is 2.69. The Bertz CT molecular complexity index is 1690. The van der Waals surface area contributed by atoms with Crippen LogP contribution in [0.4, 0.5) is 5.82 Å². The molecular formula is C45H64N4O3. The number of hydrogen-bond acceptors (Lipinski definition) is 7. The quantitative estimate of drug-likeness (QED) is 0.228.